The summed E-state index contributed by atoms with van der Waals surface area (Å²) in [6, 6.07) is 14.2. The minimum atomic E-state index is -0.499. The Bertz CT molecular complexity index is 555. The third-order valence-corrected chi connectivity index (χ3v) is 3.76. The Labute approximate surface area is 121 Å². The molecule has 0 aromatic heterocycles. The highest BCUT2D eigenvalue weighted by atomic mass is 16.5. The summed E-state index contributed by atoms with van der Waals surface area (Å²) in [4.78, 5) is 0. The number of hydrogen-bond donors (Lipinski definition) is 1. The molecule has 106 valence electrons. The molecule has 2 aromatic carbocycles. The number of aliphatic hydroxyl groups excluding tert-OH is 1. The maximum atomic E-state index is 10.6. The van der Waals surface area contributed by atoms with E-state index in [0.717, 1.165) is 11.1 Å². The van der Waals surface area contributed by atoms with E-state index in [1.165, 1.54) is 16.7 Å². The molecule has 0 saturated heterocycles. The lowest BCUT2D eigenvalue weighted by atomic mass is 9.93. The highest BCUT2D eigenvalue weighted by Gasteiger charge is 2.14. The van der Waals surface area contributed by atoms with E-state index in [4.69, 9.17) is 4.74 Å². The summed E-state index contributed by atoms with van der Waals surface area (Å²) in [7, 11) is 1.68. The van der Waals surface area contributed by atoms with Crippen LogP contribution in [0.15, 0.2) is 42.5 Å². The first-order chi connectivity index (χ1) is 9.63. The van der Waals surface area contributed by atoms with Crippen LogP contribution in [0.1, 0.15) is 33.9 Å². The fraction of sp³-hybridized carbons (Fsp3) is 0.333. The Kier molecular flexibility index (Phi) is 4.94. The van der Waals surface area contributed by atoms with Crippen LogP contribution in [0.3, 0.4) is 0 Å². The van der Waals surface area contributed by atoms with E-state index in [1.807, 2.05) is 24.3 Å². The zero-order valence-corrected chi connectivity index (χ0v) is 12.4. The van der Waals surface area contributed by atoms with Crippen LogP contribution in [0.2, 0.25) is 0 Å². The molecular weight excluding hydrogens is 248 g/mol. The maximum absolute atomic E-state index is 10.6. The zero-order valence-electron chi connectivity index (χ0n) is 12.4. The minimum Gasteiger partial charge on any atom is -0.388 e. The van der Waals surface area contributed by atoms with E-state index < -0.39 is 6.10 Å². The molecule has 0 amide bonds. The molecule has 2 aromatic rings. The van der Waals surface area contributed by atoms with Crippen molar-refractivity contribution in [3.8, 4) is 0 Å². The summed E-state index contributed by atoms with van der Waals surface area (Å²) in [5.41, 5.74) is 5.69. The number of benzene rings is 2. The number of hydrogen-bond acceptors (Lipinski definition) is 2. The van der Waals surface area contributed by atoms with Crippen LogP contribution in [-0.2, 0) is 17.8 Å². The molecule has 0 aliphatic carbocycles. The lowest BCUT2D eigenvalue weighted by Gasteiger charge is -2.18. The molecule has 0 spiro atoms. The summed E-state index contributed by atoms with van der Waals surface area (Å²) in [6.45, 7) is 4.71. The molecule has 0 bridgehead atoms. The predicted molar refractivity (Wildman–Crippen MR) is 81.7 cm³/mol. The van der Waals surface area contributed by atoms with E-state index in [0.29, 0.717) is 13.0 Å². The van der Waals surface area contributed by atoms with Crippen molar-refractivity contribution in [2.75, 3.05) is 7.11 Å². The number of aryl methyl sites for hydroxylation is 2. The maximum Gasteiger partial charge on any atom is 0.0834 e. The SMILES string of the molecule is COCc1ccccc1C(O)Cc1c(C)cccc1C. The Morgan fingerprint density at radius 2 is 1.65 bits per heavy atom. The van der Waals surface area contributed by atoms with Gasteiger partial charge >= 0.3 is 0 Å². The first kappa shape index (κ1) is 14.8. The number of rotatable bonds is 5. The van der Waals surface area contributed by atoms with Gasteiger partial charge in [-0.3, -0.25) is 0 Å². The van der Waals surface area contributed by atoms with Crippen molar-refractivity contribution in [3.63, 3.8) is 0 Å². The van der Waals surface area contributed by atoms with E-state index in [1.54, 1.807) is 7.11 Å². The normalized spacial score (nSPS) is 12.4. The lowest BCUT2D eigenvalue weighted by molar-refractivity contribution is 0.161. The van der Waals surface area contributed by atoms with Crippen LogP contribution >= 0.6 is 0 Å². The highest BCUT2D eigenvalue weighted by molar-refractivity contribution is 5.36. The van der Waals surface area contributed by atoms with Crippen molar-refractivity contribution in [3.05, 3.63) is 70.3 Å². The summed E-state index contributed by atoms with van der Waals surface area (Å²) in [6.07, 6.45) is 0.139. The Hall–Kier alpha value is -1.64. The van der Waals surface area contributed by atoms with Crippen LogP contribution in [-0.4, -0.2) is 12.2 Å². The first-order valence-electron chi connectivity index (χ1n) is 6.93. The second-order valence-corrected chi connectivity index (χ2v) is 5.22. The van der Waals surface area contributed by atoms with Gasteiger partial charge in [-0.15, -0.1) is 0 Å². The van der Waals surface area contributed by atoms with Crippen molar-refractivity contribution < 1.29 is 9.84 Å². The Morgan fingerprint density at radius 3 is 2.30 bits per heavy atom. The summed E-state index contributed by atoms with van der Waals surface area (Å²) >= 11 is 0. The van der Waals surface area contributed by atoms with E-state index in [-0.39, 0.29) is 0 Å². The van der Waals surface area contributed by atoms with Crippen LogP contribution in [0.4, 0.5) is 0 Å². The molecular formula is C18H22O2. The van der Waals surface area contributed by atoms with Gasteiger partial charge < -0.3 is 9.84 Å². The van der Waals surface area contributed by atoms with Gasteiger partial charge in [0.05, 0.1) is 12.7 Å². The van der Waals surface area contributed by atoms with Crippen molar-refractivity contribution in [2.45, 2.75) is 33.0 Å². The topological polar surface area (TPSA) is 29.5 Å². The standard InChI is InChI=1S/C18H22O2/c1-13-7-6-8-14(2)17(13)11-18(19)16-10-5-4-9-15(16)12-20-3/h4-10,18-19H,11-12H2,1-3H3. The smallest absolute Gasteiger partial charge is 0.0834 e. The molecule has 2 heteroatoms. The summed E-state index contributed by atoms with van der Waals surface area (Å²) in [5.74, 6) is 0. The molecule has 0 radical (unpaired) electrons. The van der Waals surface area contributed by atoms with Crippen LogP contribution in [0.5, 0.6) is 0 Å². The van der Waals surface area contributed by atoms with Gasteiger partial charge in [-0.05, 0) is 41.7 Å². The van der Waals surface area contributed by atoms with E-state index in [2.05, 4.69) is 32.0 Å². The Balaban J connectivity index is 2.26. The lowest BCUT2D eigenvalue weighted by Crippen LogP contribution is -2.08. The molecule has 1 N–H and O–H groups in total. The average Bonchev–Trinajstić information content (AvgIpc) is 2.44. The second kappa shape index (κ2) is 6.69. The highest BCUT2D eigenvalue weighted by Crippen LogP contribution is 2.25. The van der Waals surface area contributed by atoms with Gasteiger partial charge in [0.25, 0.3) is 0 Å². The van der Waals surface area contributed by atoms with Crippen molar-refractivity contribution >= 4 is 0 Å². The predicted octanol–water partition coefficient (Wildman–Crippen LogP) is 3.73. The minimum absolute atomic E-state index is 0.499. The fourth-order valence-electron chi connectivity index (χ4n) is 2.62. The summed E-state index contributed by atoms with van der Waals surface area (Å²) in [5, 5.41) is 10.6. The van der Waals surface area contributed by atoms with E-state index >= 15 is 0 Å². The molecule has 0 heterocycles. The van der Waals surface area contributed by atoms with Gasteiger partial charge in [0.2, 0.25) is 0 Å². The van der Waals surface area contributed by atoms with Gasteiger partial charge in [-0.1, -0.05) is 42.5 Å². The van der Waals surface area contributed by atoms with Crippen LogP contribution < -0.4 is 0 Å². The number of methoxy groups -OCH3 is 1. The molecule has 2 rings (SSSR count). The zero-order chi connectivity index (χ0) is 14.5. The second-order valence-electron chi connectivity index (χ2n) is 5.22. The van der Waals surface area contributed by atoms with Gasteiger partial charge in [-0.2, -0.15) is 0 Å². The van der Waals surface area contributed by atoms with Gasteiger partial charge in [0.1, 0.15) is 0 Å². The molecule has 20 heavy (non-hydrogen) atoms. The number of ether oxygens (including phenoxy) is 1. The number of aliphatic hydroxyl groups is 1. The Morgan fingerprint density at radius 1 is 1.00 bits per heavy atom. The molecule has 0 fully saturated rings. The molecule has 0 aliphatic rings. The van der Waals surface area contributed by atoms with Gasteiger partial charge in [0.15, 0.2) is 0 Å². The molecule has 1 unspecified atom stereocenters. The van der Waals surface area contributed by atoms with Crippen LogP contribution in [0, 0.1) is 13.8 Å². The quantitative estimate of drug-likeness (QED) is 0.897. The fourth-order valence-corrected chi connectivity index (χ4v) is 2.62. The van der Waals surface area contributed by atoms with Crippen molar-refractivity contribution in [2.24, 2.45) is 0 Å². The molecule has 0 saturated carbocycles. The summed E-state index contributed by atoms with van der Waals surface area (Å²) < 4.78 is 5.21. The molecule has 2 nitrogen and oxygen atoms in total. The monoisotopic (exact) mass is 270 g/mol. The van der Waals surface area contributed by atoms with Crippen LogP contribution in [0.25, 0.3) is 0 Å². The van der Waals surface area contributed by atoms with Crippen molar-refractivity contribution in [1.29, 1.82) is 0 Å². The van der Waals surface area contributed by atoms with Crippen molar-refractivity contribution in [1.82, 2.24) is 0 Å². The average molecular weight is 270 g/mol. The third-order valence-electron chi connectivity index (χ3n) is 3.76. The third kappa shape index (κ3) is 3.27. The first-order valence-corrected chi connectivity index (χ1v) is 6.93. The van der Waals surface area contributed by atoms with E-state index in [9.17, 15) is 5.11 Å². The molecule has 1 atom stereocenters. The largest absolute Gasteiger partial charge is 0.388 e. The molecule has 0 aliphatic heterocycles. The van der Waals surface area contributed by atoms with Gasteiger partial charge in [-0.25, -0.2) is 0 Å². The van der Waals surface area contributed by atoms with Gasteiger partial charge in [0, 0.05) is 13.5 Å².